The largest absolute Gasteiger partial charge is 0.395 e. The van der Waals surface area contributed by atoms with E-state index in [1.165, 1.54) is 4.90 Å². The molecule has 2 amide bonds. The van der Waals surface area contributed by atoms with Gasteiger partial charge in [0, 0.05) is 22.8 Å². The summed E-state index contributed by atoms with van der Waals surface area (Å²) >= 11 is 2.23. The van der Waals surface area contributed by atoms with Gasteiger partial charge in [-0.05, 0) is 53.3 Å². The summed E-state index contributed by atoms with van der Waals surface area (Å²) in [7, 11) is 1.65. The summed E-state index contributed by atoms with van der Waals surface area (Å²) < 4.78 is 1.14. The average Bonchev–Trinajstić information content (AvgIpc) is 2.22. The molecule has 0 bridgehead atoms. The predicted octanol–water partition coefficient (Wildman–Crippen LogP) is 2.06. The molecule has 0 aliphatic heterocycles. The van der Waals surface area contributed by atoms with Crippen LogP contribution in [0.4, 0.5) is 10.5 Å². The van der Waals surface area contributed by atoms with Gasteiger partial charge in [-0.2, -0.15) is 0 Å². The summed E-state index contributed by atoms with van der Waals surface area (Å²) in [5.41, 5.74) is 1.83. The van der Waals surface area contributed by atoms with Crippen molar-refractivity contribution in [1.29, 1.82) is 0 Å². The van der Waals surface area contributed by atoms with Crippen molar-refractivity contribution in [2.24, 2.45) is 0 Å². The second kappa shape index (κ2) is 6.05. The summed E-state index contributed by atoms with van der Waals surface area (Å²) in [5, 5.41) is 11.5. The summed E-state index contributed by atoms with van der Waals surface area (Å²) in [6.45, 7) is 2.24. The van der Waals surface area contributed by atoms with Gasteiger partial charge < -0.3 is 15.3 Å². The van der Waals surface area contributed by atoms with Crippen LogP contribution >= 0.6 is 22.6 Å². The second-order valence-corrected chi connectivity index (χ2v) is 4.78. The van der Waals surface area contributed by atoms with Gasteiger partial charge in [0.2, 0.25) is 0 Å². The Hall–Kier alpha value is -0.820. The van der Waals surface area contributed by atoms with Crippen LogP contribution in [0.2, 0.25) is 0 Å². The Morgan fingerprint density at radius 2 is 2.25 bits per heavy atom. The fourth-order valence-electron chi connectivity index (χ4n) is 1.23. The number of rotatable bonds is 3. The Morgan fingerprint density at radius 3 is 2.81 bits per heavy atom. The van der Waals surface area contributed by atoms with Gasteiger partial charge in [-0.3, -0.25) is 0 Å². The molecule has 88 valence electrons. The summed E-state index contributed by atoms with van der Waals surface area (Å²) in [6.07, 6.45) is 0. The number of aliphatic hydroxyl groups excluding tert-OH is 1. The Labute approximate surface area is 109 Å². The maximum absolute atomic E-state index is 11.6. The Kier molecular flexibility index (Phi) is 5.01. The third-order valence-electron chi connectivity index (χ3n) is 2.21. The molecule has 0 spiro atoms. The monoisotopic (exact) mass is 334 g/mol. The lowest BCUT2D eigenvalue weighted by molar-refractivity contribution is 0.202. The third-order valence-corrected chi connectivity index (χ3v) is 2.88. The van der Waals surface area contributed by atoms with E-state index in [1.807, 2.05) is 25.1 Å². The van der Waals surface area contributed by atoms with E-state index in [4.69, 9.17) is 5.11 Å². The van der Waals surface area contributed by atoms with E-state index in [2.05, 4.69) is 27.9 Å². The smallest absolute Gasteiger partial charge is 0.321 e. The van der Waals surface area contributed by atoms with Crippen molar-refractivity contribution in [3.8, 4) is 0 Å². The third kappa shape index (κ3) is 3.64. The van der Waals surface area contributed by atoms with Crippen molar-refractivity contribution in [3.63, 3.8) is 0 Å². The average molecular weight is 334 g/mol. The van der Waals surface area contributed by atoms with Crippen molar-refractivity contribution in [2.75, 3.05) is 25.5 Å². The summed E-state index contributed by atoms with van der Waals surface area (Å²) in [6, 6.07) is 5.61. The number of carbonyl (C=O) groups excluding carboxylic acids is 1. The van der Waals surface area contributed by atoms with E-state index in [1.54, 1.807) is 7.05 Å². The van der Waals surface area contributed by atoms with Gasteiger partial charge in [0.15, 0.2) is 0 Å². The van der Waals surface area contributed by atoms with Crippen LogP contribution in [0.25, 0.3) is 0 Å². The maximum atomic E-state index is 11.6. The molecule has 5 heteroatoms. The zero-order chi connectivity index (χ0) is 12.1. The molecule has 0 saturated heterocycles. The van der Waals surface area contributed by atoms with E-state index in [9.17, 15) is 4.79 Å². The van der Waals surface area contributed by atoms with Gasteiger partial charge in [0.25, 0.3) is 0 Å². The second-order valence-electron chi connectivity index (χ2n) is 3.53. The predicted molar refractivity (Wildman–Crippen MR) is 72.6 cm³/mol. The first-order valence-corrected chi connectivity index (χ1v) is 6.01. The maximum Gasteiger partial charge on any atom is 0.321 e. The normalized spacial score (nSPS) is 10.0. The Balaban J connectivity index is 2.69. The molecule has 0 fully saturated rings. The molecular weight excluding hydrogens is 319 g/mol. The molecule has 0 atom stereocenters. The van der Waals surface area contributed by atoms with Crippen LogP contribution in [0.1, 0.15) is 5.56 Å². The molecule has 2 N–H and O–H groups in total. The molecule has 0 heterocycles. The highest BCUT2D eigenvalue weighted by molar-refractivity contribution is 14.1. The molecule has 16 heavy (non-hydrogen) atoms. The fraction of sp³-hybridized carbons (Fsp3) is 0.364. The number of hydrogen-bond acceptors (Lipinski definition) is 2. The number of nitrogens with one attached hydrogen (secondary N) is 1. The Morgan fingerprint density at radius 1 is 1.56 bits per heavy atom. The molecule has 0 aliphatic rings. The van der Waals surface area contributed by atoms with Crippen LogP contribution in [0, 0.1) is 10.5 Å². The molecular formula is C11H15IN2O2. The highest BCUT2D eigenvalue weighted by Crippen LogP contribution is 2.17. The van der Waals surface area contributed by atoms with Gasteiger partial charge in [0.1, 0.15) is 0 Å². The molecule has 0 unspecified atom stereocenters. The molecule has 0 aliphatic carbocycles. The van der Waals surface area contributed by atoms with E-state index in [0.29, 0.717) is 6.54 Å². The minimum absolute atomic E-state index is 0.0322. The standard InChI is InChI=1S/C11H15IN2O2/c1-8-7-9(12)3-4-10(8)13-11(16)14(2)5-6-15/h3-4,7,15H,5-6H2,1-2H3,(H,13,16). The molecule has 0 radical (unpaired) electrons. The van der Waals surface area contributed by atoms with Crippen LogP contribution in [0.3, 0.4) is 0 Å². The van der Waals surface area contributed by atoms with Gasteiger partial charge in [-0.15, -0.1) is 0 Å². The number of anilines is 1. The van der Waals surface area contributed by atoms with Crippen molar-refractivity contribution >= 4 is 34.3 Å². The quantitative estimate of drug-likeness (QED) is 0.832. The lowest BCUT2D eigenvalue weighted by Gasteiger charge is -2.17. The molecule has 1 aromatic rings. The number of carbonyl (C=O) groups is 1. The van der Waals surface area contributed by atoms with Crippen molar-refractivity contribution in [1.82, 2.24) is 4.90 Å². The van der Waals surface area contributed by atoms with Crippen molar-refractivity contribution < 1.29 is 9.90 Å². The Bertz CT molecular complexity index is 382. The number of aryl methyl sites for hydroxylation is 1. The lowest BCUT2D eigenvalue weighted by Crippen LogP contribution is -2.33. The van der Waals surface area contributed by atoms with Crippen LogP contribution in [0.15, 0.2) is 18.2 Å². The van der Waals surface area contributed by atoms with Crippen molar-refractivity contribution in [3.05, 3.63) is 27.3 Å². The van der Waals surface area contributed by atoms with Gasteiger partial charge >= 0.3 is 6.03 Å². The summed E-state index contributed by atoms with van der Waals surface area (Å²) in [5.74, 6) is 0. The first-order valence-electron chi connectivity index (χ1n) is 4.93. The zero-order valence-electron chi connectivity index (χ0n) is 9.33. The molecule has 0 aromatic heterocycles. The molecule has 0 saturated carbocycles. The number of halogens is 1. The minimum Gasteiger partial charge on any atom is -0.395 e. The summed E-state index contributed by atoms with van der Waals surface area (Å²) in [4.78, 5) is 13.1. The van der Waals surface area contributed by atoms with E-state index in [-0.39, 0.29) is 12.6 Å². The number of urea groups is 1. The van der Waals surface area contributed by atoms with E-state index < -0.39 is 0 Å². The number of nitrogens with zero attached hydrogens (tertiary/aromatic N) is 1. The van der Waals surface area contributed by atoms with Crippen LogP contribution < -0.4 is 5.32 Å². The molecule has 4 nitrogen and oxygen atoms in total. The number of hydrogen-bond donors (Lipinski definition) is 2. The fourth-order valence-corrected chi connectivity index (χ4v) is 1.88. The van der Waals surface area contributed by atoms with Gasteiger partial charge in [-0.25, -0.2) is 4.79 Å². The van der Waals surface area contributed by atoms with Crippen LogP contribution in [0.5, 0.6) is 0 Å². The number of benzene rings is 1. The number of aliphatic hydroxyl groups is 1. The number of amides is 2. The zero-order valence-corrected chi connectivity index (χ0v) is 11.5. The molecule has 1 aromatic carbocycles. The highest BCUT2D eigenvalue weighted by atomic mass is 127. The SMILES string of the molecule is Cc1cc(I)ccc1NC(=O)N(C)CCO. The minimum atomic E-state index is -0.210. The van der Waals surface area contributed by atoms with Crippen LogP contribution in [-0.4, -0.2) is 36.2 Å². The lowest BCUT2D eigenvalue weighted by atomic mass is 10.2. The van der Waals surface area contributed by atoms with Crippen molar-refractivity contribution in [2.45, 2.75) is 6.92 Å². The van der Waals surface area contributed by atoms with Gasteiger partial charge in [-0.1, -0.05) is 0 Å². The van der Waals surface area contributed by atoms with Gasteiger partial charge in [0.05, 0.1) is 6.61 Å². The van der Waals surface area contributed by atoms with Crippen LogP contribution in [-0.2, 0) is 0 Å². The van der Waals surface area contributed by atoms with E-state index >= 15 is 0 Å². The molecule has 1 rings (SSSR count). The number of likely N-dealkylation sites (N-methyl/N-ethyl adjacent to an activating group) is 1. The first-order chi connectivity index (χ1) is 7.54. The topological polar surface area (TPSA) is 52.6 Å². The van der Waals surface area contributed by atoms with E-state index in [0.717, 1.165) is 14.8 Å². The highest BCUT2D eigenvalue weighted by Gasteiger charge is 2.09. The first kappa shape index (κ1) is 13.2.